The first-order chi connectivity index (χ1) is 15.3. The second-order valence-electron chi connectivity index (χ2n) is 7.28. The van der Waals surface area contributed by atoms with E-state index in [0.717, 1.165) is 4.52 Å². The van der Waals surface area contributed by atoms with Crippen LogP contribution in [0.15, 0.2) is 24.3 Å². The van der Waals surface area contributed by atoms with Gasteiger partial charge in [-0.1, -0.05) is 24.3 Å². The molecule has 0 bridgehead atoms. The standard InChI is InChI=1S/C20H19F6N5O2/c1-11-15(12(2)31-18(28-11)29-17(30-31)20(24,25)26)7-16(32)27-8-13-3-5-14(6-4-13)9-33-10-19(21,22)23/h3-6H,7-10H2,1-2H3,(H,27,32). The van der Waals surface area contributed by atoms with Crippen molar-refractivity contribution in [3.63, 3.8) is 0 Å². The van der Waals surface area contributed by atoms with Crippen molar-refractivity contribution in [2.75, 3.05) is 6.61 Å². The summed E-state index contributed by atoms with van der Waals surface area (Å²) in [7, 11) is 0. The van der Waals surface area contributed by atoms with Gasteiger partial charge in [-0.15, -0.1) is 5.10 Å². The summed E-state index contributed by atoms with van der Waals surface area (Å²) in [6.45, 7) is 1.71. The summed E-state index contributed by atoms with van der Waals surface area (Å²) in [5.41, 5.74) is 2.36. The van der Waals surface area contributed by atoms with Gasteiger partial charge in [0.15, 0.2) is 0 Å². The van der Waals surface area contributed by atoms with Crippen molar-refractivity contribution in [2.45, 2.75) is 45.8 Å². The normalized spacial score (nSPS) is 12.4. The Morgan fingerprint density at radius 3 is 2.27 bits per heavy atom. The van der Waals surface area contributed by atoms with Crippen LogP contribution in [-0.4, -0.2) is 38.3 Å². The highest BCUT2D eigenvalue weighted by Crippen LogP contribution is 2.27. The Morgan fingerprint density at radius 1 is 1.03 bits per heavy atom. The predicted octanol–water partition coefficient (Wildman–Crippen LogP) is 3.70. The smallest absolute Gasteiger partial charge is 0.367 e. The molecule has 0 fully saturated rings. The van der Waals surface area contributed by atoms with E-state index in [1.165, 1.54) is 6.92 Å². The molecule has 2 aromatic heterocycles. The quantitative estimate of drug-likeness (QED) is 0.527. The highest BCUT2D eigenvalue weighted by Gasteiger charge is 2.37. The fraction of sp³-hybridized carbons (Fsp3) is 0.400. The lowest BCUT2D eigenvalue weighted by Gasteiger charge is -2.11. The molecule has 0 unspecified atom stereocenters. The highest BCUT2D eigenvalue weighted by atomic mass is 19.4. The third kappa shape index (κ3) is 6.40. The number of aromatic nitrogens is 4. The van der Waals surface area contributed by atoms with Gasteiger partial charge in [-0.05, 0) is 25.0 Å². The molecule has 0 aliphatic heterocycles. The van der Waals surface area contributed by atoms with E-state index >= 15 is 0 Å². The molecule has 0 aliphatic rings. The Labute approximate surface area is 183 Å². The van der Waals surface area contributed by atoms with Gasteiger partial charge in [-0.3, -0.25) is 4.79 Å². The van der Waals surface area contributed by atoms with Crippen LogP contribution in [0.4, 0.5) is 26.3 Å². The largest absolute Gasteiger partial charge is 0.453 e. The molecular weight excluding hydrogens is 456 g/mol. The zero-order valence-electron chi connectivity index (χ0n) is 17.5. The average Bonchev–Trinajstić information content (AvgIpc) is 3.14. The van der Waals surface area contributed by atoms with E-state index in [9.17, 15) is 31.1 Å². The van der Waals surface area contributed by atoms with E-state index in [2.05, 4.69) is 25.1 Å². The average molecular weight is 475 g/mol. The van der Waals surface area contributed by atoms with E-state index in [1.54, 1.807) is 31.2 Å². The molecule has 0 spiro atoms. The molecular formula is C20H19F6N5O2. The minimum atomic E-state index is -4.72. The third-order valence-corrected chi connectivity index (χ3v) is 4.69. The van der Waals surface area contributed by atoms with Gasteiger partial charge in [0.2, 0.25) is 5.91 Å². The number of benzene rings is 1. The number of nitrogens with one attached hydrogen (secondary N) is 1. The highest BCUT2D eigenvalue weighted by molar-refractivity contribution is 5.79. The first kappa shape index (κ1) is 24.4. The molecule has 0 saturated heterocycles. The van der Waals surface area contributed by atoms with Gasteiger partial charge >= 0.3 is 12.4 Å². The van der Waals surface area contributed by atoms with Gasteiger partial charge in [-0.2, -0.15) is 31.3 Å². The Morgan fingerprint density at radius 2 is 1.67 bits per heavy atom. The summed E-state index contributed by atoms with van der Waals surface area (Å²) in [6.07, 6.45) is -9.24. The lowest BCUT2D eigenvalue weighted by molar-refractivity contribution is -0.176. The minimum Gasteiger partial charge on any atom is -0.367 e. The topological polar surface area (TPSA) is 81.4 Å². The second kappa shape index (κ2) is 9.33. The first-order valence-corrected chi connectivity index (χ1v) is 9.62. The molecule has 1 N–H and O–H groups in total. The lowest BCUT2D eigenvalue weighted by Crippen LogP contribution is -2.26. The summed E-state index contributed by atoms with van der Waals surface area (Å²) in [5, 5.41) is 6.13. The van der Waals surface area contributed by atoms with E-state index in [1.807, 2.05) is 0 Å². The van der Waals surface area contributed by atoms with Crippen molar-refractivity contribution in [1.29, 1.82) is 0 Å². The molecule has 0 atom stereocenters. The van der Waals surface area contributed by atoms with Crippen LogP contribution in [0.2, 0.25) is 0 Å². The first-order valence-electron chi connectivity index (χ1n) is 9.62. The molecule has 0 aliphatic carbocycles. The van der Waals surface area contributed by atoms with Crippen molar-refractivity contribution < 1.29 is 35.9 Å². The van der Waals surface area contributed by atoms with Crippen molar-refractivity contribution >= 4 is 11.7 Å². The number of hydrogen-bond donors (Lipinski definition) is 1. The molecule has 7 nitrogen and oxygen atoms in total. The molecule has 3 aromatic rings. The van der Waals surface area contributed by atoms with Gasteiger partial charge in [0, 0.05) is 23.5 Å². The van der Waals surface area contributed by atoms with E-state index < -0.39 is 30.7 Å². The monoisotopic (exact) mass is 475 g/mol. The zero-order chi connectivity index (χ0) is 24.4. The summed E-state index contributed by atoms with van der Waals surface area (Å²) in [4.78, 5) is 19.8. The molecule has 0 radical (unpaired) electrons. The maximum atomic E-state index is 12.9. The molecule has 178 valence electrons. The van der Waals surface area contributed by atoms with Gasteiger partial charge < -0.3 is 10.1 Å². The predicted molar refractivity (Wildman–Crippen MR) is 103 cm³/mol. The second-order valence-corrected chi connectivity index (χ2v) is 7.28. The number of halogens is 6. The molecule has 33 heavy (non-hydrogen) atoms. The molecule has 0 saturated carbocycles. The van der Waals surface area contributed by atoms with Crippen LogP contribution in [-0.2, 0) is 35.3 Å². The zero-order valence-corrected chi connectivity index (χ0v) is 17.5. The summed E-state index contributed by atoms with van der Waals surface area (Å²) >= 11 is 0. The fourth-order valence-corrected chi connectivity index (χ4v) is 3.05. The molecule has 1 aromatic carbocycles. The van der Waals surface area contributed by atoms with Crippen LogP contribution in [0.25, 0.3) is 5.78 Å². The lowest BCUT2D eigenvalue weighted by atomic mass is 10.1. The van der Waals surface area contributed by atoms with Gasteiger partial charge in [0.25, 0.3) is 11.6 Å². The van der Waals surface area contributed by atoms with Crippen molar-refractivity contribution in [1.82, 2.24) is 24.9 Å². The maximum Gasteiger partial charge on any atom is 0.453 e. The van der Waals surface area contributed by atoms with Gasteiger partial charge in [-0.25, -0.2) is 9.50 Å². The van der Waals surface area contributed by atoms with Crippen LogP contribution in [0, 0.1) is 13.8 Å². The van der Waals surface area contributed by atoms with Crippen LogP contribution in [0.1, 0.15) is 33.9 Å². The van der Waals surface area contributed by atoms with Crippen LogP contribution < -0.4 is 5.32 Å². The number of hydrogen-bond acceptors (Lipinski definition) is 5. The van der Waals surface area contributed by atoms with Crippen LogP contribution in [0.5, 0.6) is 0 Å². The van der Waals surface area contributed by atoms with Crippen molar-refractivity contribution in [3.8, 4) is 0 Å². The SMILES string of the molecule is Cc1nc2nc(C(F)(F)F)nn2c(C)c1CC(=O)NCc1ccc(COCC(F)(F)F)cc1. The van der Waals surface area contributed by atoms with E-state index in [4.69, 9.17) is 0 Å². The molecule has 13 heteroatoms. The Balaban J connectivity index is 1.60. The van der Waals surface area contributed by atoms with E-state index in [-0.39, 0.29) is 25.4 Å². The number of amides is 1. The number of alkyl halides is 6. The van der Waals surface area contributed by atoms with Crippen LogP contribution in [0.3, 0.4) is 0 Å². The van der Waals surface area contributed by atoms with Gasteiger partial charge in [0.05, 0.1) is 13.0 Å². The Hall–Kier alpha value is -3.22. The Kier molecular flexibility index (Phi) is 6.91. The minimum absolute atomic E-state index is 0.134. The fourth-order valence-electron chi connectivity index (χ4n) is 3.05. The molecule has 2 heterocycles. The van der Waals surface area contributed by atoms with E-state index in [0.29, 0.717) is 28.1 Å². The maximum absolute atomic E-state index is 12.9. The number of fused-ring (bicyclic) bond motifs is 1. The number of carbonyl (C=O) groups excluding carboxylic acids is 1. The Bertz CT molecular complexity index is 1140. The number of rotatable bonds is 7. The number of carbonyl (C=O) groups is 1. The number of nitrogens with zero attached hydrogens (tertiary/aromatic N) is 4. The summed E-state index contributed by atoms with van der Waals surface area (Å²) < 4.78 is 80.5. The van der Waals surface area contributed by atoms with Crippen molar-refractivity contribution in [2.24, 2.45) is 0 Å². The third-order valence-electron chi connectivity index (χ3n) is 4.69. The van der Waals surface area contributed by atoms with Crippen molar-refractivity contribution in [3.05, 3.63) is 58.2 Å². The summed E-state index contributed by atoms with van der Waals surface area (Å²) in [6, 6.07) is 6.47. The van der Waals surface area contributed by atoms with Gasteiger partial charge in [0.1, 0.15) is 6.61 Å². The number of aryl methyl sites for hydroxylation is 2. The molecule has 3 rings (SSSR count). The number of ether oxygens (including phenoxy) is 1. The molecule has 1 amide bonds. The van der Waals surface area contributed by atoms with Crippen LogP contribution >= 0.6 is 0 Å². The summed E-state index contributed by atoms with van der Waals surface area (Å²) in [5.74, 6) is -1.91.